The Balaban J connectivity index is 1.47. The van der Waals surface area contributed by atoms with Gasteiger partial charge in [-0.05, 0) is 41.8 Å². The predicted octanol–water partition coefficient (Wildman–Crippen LogP) is 6.71. The standard InChI is InChI=1S/C26H23F2NO3/c1-30-22-13-11-20(12-14-22)23-24(32-26(29-23)25(27)28)21-9-7-18(8-10-21)15-16-31-17-19-5-3-2-4-6-19/h2-14,25H,15-17H2,1H3. The average Bonchev–Trinajstić information content (AvgIpc) is 3.29. The molecule has 1 aromatic heterocycles. The summed E-state index contributed by atoms with van der Waals surface area (Å²) in [5, 5.41) is 0. The van der Waals surface area contributed by atoms with Crippen LogP contribution in [-0.4, -0.2) is 18.7 Å². The molecule has 164 valence electrons. The van der Waals surface area contributed by atoms with Crippen LogP contribution < -0.4 is 4.74 Å². The lowest BCUT2D eigenvalue weighted by Crippen LogP contribution is -1.99. The second-order valence-corrected chi connectivity index (χ2v) is 7.24. The zero-order valence-electron chi connectivity index (χ0n) is 17.6. The molecule has 4 nitrogen and oxygen atoms in total. The van der Waals surface area contributed by atoms with Gasteiger partial charge in [-0.3, -0.25) is 0 Å². The highest BCUT2D eigenvalue weighted by atomic mass is 19.3. The summed E-state index contributed by atoms with van der Waals surface area (Å²) in [4.78, 5) is 4.05. The Kier molecular flexibility index (Phi) is 6.92. The van der Waals surface area contributed by atoms with Gasteiger partial charge in [-0.15, -0.1) is 0 Å². The van der Waals surface area contributed by atoms with E-state index in [1.165, 1.54) is 0 Å². The number of rotatable bonds is 9. The van der Waals surface area contributed by atoms with E-state index in [0.29, 0.717) is 41.5 Å². The number of oxazole rings is 1. The number of halogens is 2. The summed E-state index contributed by atoms with van der Waals surface area (Å²) in [6.07, 6.45) is -2.04. The molecule has 0 radical (unpaired) electrons. The minimum absolute atomic E-state index is 0.317. The number of hydrogen-bond donors (Lipinski definition) is 0. The Bertz CT molecular complexity index is 1120. The molecule has 0 N–H and O–H groups in total. The maximum absolute atomic E-state index is 13.3. The summed E-state index contributed by atoms with van der Waals surface area (Å²) < 4.78 is 42.9. The van der Waals surface area contributed by atoms with Gasteiger partial charge in [0.25, 0.3) is 5.89 Å². The highest BCUT2D eigenvalue weighted by Crippen LogP contribution is 2.36. The number of ether oxygens (including phenoxy) is 2. The minimum atomic E-state index is -2.79. The van der Waals surface area contributed by atoms with Crippen LogP contribution in [0.25, 0.3) is 22.6 Å². The summed E-state index contributed by atoms with van der Waals surface area (Å²) in [7, 11) is 1.57. The number of aromatic nitrogens is 1. The number of hydrogen-bond acceptors (Lipinski definition) is 4. The topological polar surface area (TPSA) is 44.5 Å². The van der Waals surface area contributed by atoms with E-state index in [-0.39, 0.29) is 0 Å². The molecule has 0 aliphatic carbocycles. The minimum Gasteiger partial charge on any atom is -0.497 e. The van der Waals surface area contributed by atoms with Gasteiger partial charge in [-0.2, -0.15) is 8.78 Å². The molecule has 0 saturated heterocycles. The summed E-state index contributed by atoms with van der Waals surface area (Å²) in [5.74, 6) is 0.397. The van der Waals surface area contributed by atoms with Crippen molar-refractivity contribution in [3.05, 3.63) is 95.9 Å². The number of alkyl halides is 2. The Morgan fingerprint density at radius 3 is 2.19 bits per heavy atom. The highest BCUT2D eigenvalue weighted by Gasteiger charge is 2.22. The number of benzene rings is 3. The average molecular weight is 435 g/mol. The molecule has 0 amide bonds. The van der Waals surface area contributed by atoms with Crippen LogP contribution in [0, 0.1) is 0 Å². The lowest BCUT2D eigenvalue weighted by Gasteiger charge is -2.06. The van der Waals surface area contributed by atoms with Gasteiger partial charge < -0.3 is 13.9 Å². The first-order chi connectivity index (χ1) is 15.6. The van der Waals surface area contributed by atoms with Crippen LogP contribution in [0.5, 0.6) is 5.75 Å². The molecule has 0 atom stereocenters. The lowest BCUT2D eigenvalue weighted by molar-refractivity contribution is 0.116. The fraction of sp³-hybridized carbons (Fsp3) is 0.192. The van der Waals surface area contributed by atoms with E-state index in [0.717, 1.165) is 17.5 Å². The lowest BCUT2D eigenvalue weighted by atomic mass is 10.0. The van der Waals surface area contributed by atoms with Crippen LogP contribution in [0.1, 0.15) is 23.4 Å². The highest BCUT2D eigenvalue weighted by molar-refractivity contribution is 5.77. The first-order valence-corrected chi connectivity index (χ1v) is 10.3. The summed E-state index contributed by atoms with van der Waals surface area (Å²) in [6, 6.07) is 24.7. The Hall–Kier alpha value is -3.51. The van der Waals surface area contributed by atoms with Crippen molar-refractivity contribution >= 4 is 0 Å². The van der Waals surface area contributed by atoms with Crippen molar-refractivity contribution in [1.29, 1.82) is 0 Å². The molecule has 0 saturated carbocycles. The molecule has 3 aromatic carbocycles. The molecule has 0 unspecified atom stereocenters. The predicted molar refractivity (Wildman–Crippen MR) is 119 cm³/mol. The molecule has 0 fully saturated rings. The molecule has 32 heavy (non-hydrogen) atoms. The van der Waals surface area contributed by atoms with Gasteiger partial charge in [0.15, 0.2) is 5.76 Å². The third-order valence-electron chi connectivity index (χ3n) is 5.06. The Morgan fingerprint density at radius 2 is 1.53 bits per heavy atom. The van der Waals surface area contributed by atoms with E-state index in [1.54, 1.807) is 31.4 Å². The van der Waals surface area contributed by atoms with Crippen molar-refractivity contribution in [2.45, 2.75) is 19.5 Å². The van der Waals surface area contributed by atoms with Crippen molar-refractivity contribution in [2.75, 3.05) is 13.7 Å². The molecule has 0 bridgehead atoms. The molecular weight excluding hydrogens is 412 g/mol. The van der Waals surface area contributed by atoms with Crippen LogP contribution in [0.4, 0.5) is 8.78 Å². The smallest absolute Gasteiger partial charge is 0.313 e. The zero-order valence-corrected chi connectivity index (χ0v) is 17.6. The normalized spacial score (nSPS) is 11.1. The van der Waals surface area contributed by atoms with E-state index >= 15 is 0 Å². The maximum Gasteiger partial charge on any atom is 0.313 e. The van der Waals surface area contributed by atoms with E-state index in [4.69, 9.17) is 13.9 Å². The fourth-order valence-electron chi connectivity index (χ4n) is 3.35. The number of methoxy groups -OCH3 is 1. The van der Waals surface area contributed by atoms with Crippen molar-refractivity contribution in [2.24, 2.45) is 0 Å². The summed E-state index contributed by atoms with van der Waals surface area (Å²) in [6.45, 7) is 1.15. The van der Waals surface area contributed by atoms with Crippen molar-refractivity contribution in [3.63, 3.8) is 0 Å². The molecular formula is C26H23F2NO3. The van der Waals surface area contributed by atoms with E-state index in [2.05, 4.69) is 4.98 Å². The van der Waals surface area contributed by atoms with Gasteiger partial charge in [0, 0.05) is 11.1 Å². The van der Waals surface area contributed by atoms with Crippen LogP contribution in [-0.2, 0) is 17.8 Å². The first kappa shape index (κ1) is 21.7. The summed E-state index contributed by atoms with van der Waals surface area (Å²) in [5.41, 5.74) is 3.95. The zero-order chi connectivity index (χ0) is 22.3. The SMILES string of the molecule is COc1ccc(-c2nc(C(F)F)oc2-c2ccc(CCOCc3ccccc3)cc2)cc1. The second kappa shape index (κ2) is 10.2. The van der Waals surface area contributed by atoms with Gasteiger partial charge in [-0.1, -0.05) is 54.6 Å². The van der Waals surface area contributed by atoms with E-state index in [9.17, 15) is 8.78 Å². The number of nitrogens with zero attached hydrogens (tertiary/aromatic N) is 1. The molecule has 4 aromatic rings. The van der Waals surface area contributed by atoms with Crippen molar-refractivity contribution in [1.82, 2.24) is 4.98 Å². The summed E-state index contributed by atoms with van der Waals surface area (Å²) >= 11 is 0. The molecule has 4 rings (SSSR count). The van der Waals surface area contributed by atoms with Gasteiger partial charge in [-0.25, -0.2) is 4.98 Å². The Labute approximate surface area is 185 Å². The second-order valence-electron chi connectivity index (χ2n) is 7.24. The van der Waals surface area contributed by atoms with Gasteiger partial charge in [0.1, 0.15) is 11.4 Å². The van der Waals surface area contributed by atoms with Crippen molar-refractivity contribution < 1.29 is 22.7 Å². The van der Waals surface area contributed by atoms with E-state index in [1.807, 2.05) is 54.6 Å². The van der Waals surface area contributed by atoms with Crippen molar-refractivity contribution in [3.8, 4) is 28.3 Å². The molecule has 0 aliphatic heterocycles. The maximum atomic E-state index is 13.3. The van der Waals surface area contributed by atoms with Gasteiger partial charge in [0.2, 0.25) is 0 Å². The third-order valence-corrected chi connectivity index (χ3v) is 5.06. The van der Waals surface area contributed by atoms with Crippen LogP contribution in [0.15, 0.2) is 83.3 Å². The van der Waals surface area contributed by atoms with Crippen LogP contribution >= 0.6 is 0 Å². The molecule has 0 aliphatic rings. The molecule has 6 heteroatoms. The van der Waals surface area contributed by atoms with Crippen LogP contribution in [0.3, 0.4) is 0 Å². The quantitative estimate of drug-likeness (QED) is 0.274. The Morgan fingerprint density at radius 1 is 0.844 bits per heavy atom. The largest absolute Gasteiger partial charge is 0.497 e. The van der Waals surface area contributed by atoms with Crippen LogP contribution in [0.2, 0.25) is 0 Å². The molecule has 1 heterocycles. The van der Waals surface area contributed by atoms with Gasteiger partial charge in [0.05, 0.1) is 20.3 Å². The third kappa shape index (κ3) is 5.21. The van der Waals surface area contributed by atoms with E-state index < -0.39 is 12.3 Å². The van der Waals surface area contributed by atoms with Gasteiger partial charge >= 0.3 is 6.43 Å². The fourth-order valence-corrected chi connectivity index (χ4v) is 3.35. The first-order valence-electron chi connectivity index (χ1n) is 10.3. The molecule has 0 spiro atoms. The monoisotopic (exact) mass is 435 g/mol.